The van der Waals surface area contributed by atoms with Crippen LogP contribution in [0.3, 0.4) is 0 Å². The van der Waals surface area contributed by atoms with Gasteiger partial charge < -0.3 is 10.6 Å². The second-order valence-corrected chi connectivity index (χ2v) is 10.0. The largest absolute Gasteiger partial charge is 0.453 e. The van der Waals surface area contributed by atoms with Crippen molar-refractivity contribution in [2.45, 2.75) is 36.9 Å². The molecule has 1 fully saturated rings. The lowest BCUT2D eigenvalue weighted by atomic mass is 10.0. The van der Waals surface area contributed by atoms with Crippen LogP contribution < -0.4 is 10.5 Å². The van der Waals surface area contributed by atoms with E-state index in [1.165, 1.54) is 18.3 Å². The van der Waals surface area contributed by atoms with Crippen molar-refractivity contribution in [2.24, 2.45) is 0 Å². The molecule has 32 heavy (non-hydrogen) atoms. The van der Waals surface area contributed by atoms with Crippen LogP contribution in [0.5, 0.6) is 0 Å². The molecular weight excluding hydrogens is 447 g/mol. The van der Waals surface area contributed by atoms with Gasteiger partial charge in [-0.05, 0) is 51.6 Å². The first-order valence-corrected chi connectivity index (χ1v) is 11.2. The fourth-order valence-corrected chi connectivity index (χ4v) is 5.36. The number of halogens is 3. The van der Waals surface area contributed by atoms with Crippen LogP contribution in [0, 0.1) is 6.92 Å². The van der Waals surface area contributed by atoms with Gasteiger partial charge in [0.1, 0.15) is 0 Å². The van der Waals surface area contributed by atoms with E-state index in [2.05, 4.69) is 19.8 Å². The number of anilines is 1. The minimum atomic E-state index is -4.81. The molecule has 1 aliphatic heterocycles. The van der Waals surface area contributed by atoms with Gasteiger partial charge in [-0.25, -0.2) is 27.6 Å². The number of nitrogens with zero attached hydrogens (tertiary/aromatic N) is 5. The maximum atomic E-state index is 13.2. The highest BCUT2D eigenvalue weighted by molar-refractivity contribution is 7.89. The summed E-state index contributed by atoms with van der Waals surface area (Å²) in [5.41, 5.74) is 6.14. The van der Waals surface area contributed by atoms with Crippen molar-refractivity contribution in [3.8, 4) is 11.3 Å². The molecule has 3 N–H and O–H groups in total. The summed E-state index contributed by atoms with van der Waals surface area (Å²) >= 11 is 0. The van der Waals surface area contributed by atoms with Gasteiger partial charge in [0.05, 0.1) is 16.8 Å². The van der Waals surface area contributed by atoms with E-state index in [4.69, 9.17) is 5.73 Å². The number of rotatable bonds is 4. The average Bonchev–Trinajstić information content (AvgIpc) is 3.24. The molecule has 9 nitrogen and oxygen atoms in total. The second-order valence-electron chi connectivity index (χ2n) is 8.33. The van der Waals surface area contributed by atoms with Crippen LogP contribution in [-0.4, -0.2) is 58.6 Å². The van der Waals surface area contributed by atoms with Crippen LogP contribution >= 0.6 is 0 Å². The van der Waals surface area contributed by atoms with Crippen molar-refractivity contribution in [2.75, 3.05) is 25.9 Å². The van der Waals surface area contributed by atoms with Crippen LogP contribution in [0.2, 0.25) is 0 Å². The number of likely N-dealkylation sites (tertiary alicyclic amines) is 1. The number of nitrogen functional groups attached to an aromatic ring is 1. The Morgan fingerprint density at radius 1 is 1.28 bits per heavy atom. The molecule has 1 unspecified atom stereocenters. The number of alkyl halides is 3. The van der Waals surface area contributed by atoms with Crippen molar-refractivity contribution in [1.82, 2.24) is 29.2 Å². The Hall–Kier alpha value is -2.77. The quantitative estimate of drug-likeness (QED) is 0.601. The number of likely N-dealkylation sites (N-methyl/N-ethyl adjacent to an activating group) is 1. The van der Waals surface area contributed by atoms with Crippen LogP contribution in [0.15, 0.2) is 29.3 Å². The lowest BCUT2D eigenvalue weighted by Gasteiger charge is -2.25. The minimum absolute atomic E-state index is 0.0121. The Kier molecular flexibility index (Phi) is 5.18. The molecule has 13 heteroatoms. The molecule has 0 aliphatic carbocycles. The summed E-state index contributed by atoms with van der Waals surface area (Å²) < 4.78 is 69.4. The van der Waals surface area contributed by atoms with Crippen molar-refractivity contribution in [3.63, 3.8) is 0 Å². The zero-order valence-electron chi connectivity index (χ0n) is 17.6. The van der Waals surface area contributed by atoms with Gasteiger partial charge in [-0.3, -0.25) is 0 Å². The number of nitrogens with two attached hydrogens (primary N) is 1. The van der Waals surface area contributed by atoms with Gasteiger partial charge in [0.25, 0.3) is 5.82 Å². The zero-order chi connectivity index (χ0) is 23.5. The molecule has 0 radical (unpaired) electrons. The Labute approximate surface area is 182 Å². The van der Waals surface area contributed by atoms with E-state index >= 15 is 0 Å². The molecule has 1 aliphatic rings. The first-order valence-electron chi connectivity index (χ1n) is 9.71. The summed E-state index contributed by atoms with van der Waals surface area (Å²) in [4.78, 5) is 9.33. The number of benzene rings is 1. The van der Waals surface area contributed by atoms with Gasteiger partial charge in [0, 0.05) is 17.6 Å². The molecule has 0 amide bonds. The predicted octanol–water partition coefficient (Wildman–Crippen LogP) is 2.07. The Morgan fingerprint density at radius 2 is 2.00 bits per heavy atom. The summed E-state index contributed by atoms with van der Waals surface area (Å²) in [6.07, 6.45) is -2.86. The lowest BCUT2D eigenvalue weighted by molar-refractivity contribution is -0.145. The van der Waals surface area contributed by atoms with Gasteiger partial charge >= 0.3 is 6.18 Å². The van der Waals surface area contributed by atoms with Crippen LogP contribution in [0.4, 0.5) is 19.0 Å². The van der Waals surface area contributed by atoms with E-state index in [9.17, 15) is 21.6 Å². The number of fused-ring (bicyclic) bond motifs is 1. The van der Waals surface area contributed by atoms with Crippen molar-refractivity contribution in [1.29, 1.82) is 0 Å². The molecular formula is C19H22F3N7O2S. The molecule has 0 bridgehead atoms. The predicted molar refractivity (Wildman–Crippen MR) is 111 cm³/mol. The van der Waals surface area contributed by atoms with E-state index in [0.717, 1.165) is 11.1 Å². The maximum Gasteiger partial charge on any atom is 0.453 e. The summed E-state index contributed by atoms with van der Waals surface area (Å²) in [6, 6.07) is 4.44. The molecule has 4 rings (SSSR count). The molecule has 172 valence electrons. The topological polar surface area (TPSA) is 119 Å². The van der Waals surface area contributed by atoms with E-state index in [1.54, 1.807) is 13.0 Å². The fourth-order valence-electron chi connectivity index (χ4n) is 3.91. The highest BCUT2D eigenvalue weighted by Gasteiger charge is 2.37. The fraction of sp³-hybridized carbons (Fsp3) is 0.421. The molecule has 1 saturated heterocycles. The zero-order valence-corrected chi connectivity index (χ0v) is 18.4. The van der Waals surface area contributed by atoms with Crippen LogP contribution in [0.1, 0.15) is 24.7 Å². The third-order valence-electron chi connectivity index (χ3n) is 5.48. The Bertz CT molecular complexity index is 1310. The van der Waals surface area contributed by atoms with Crippen molar-refractivity contribution in [3.05, 3.63) is 35.8 Å². The summed E-state index contributed by atoms with van der Waals surface area (Å²) in [5, 5.41) is 3.55. The first kappa shape index (κ1) is 22.4. The van der Waals surface area contributed by atoms with E-state index in [0.29, 0.717) is 24.1 Å². The monoisotopic (exact) mass is 469 g/mol. The number of hydrogen-bond acceptors (Lipinski definition) is 7. The molecule has 0 saturated carbocycles. The van der Waals surface area contributed by atoms with Gasteiger partial charge in [0.15, 0.2) is 11.5 Å². The standard InChI is InChI=1S/C19H22F3N7O2S/c1-11-4-5-12(32(30,31)27-18(2)6-7-28(3)10-18)8-13(11)14-9-24-16-15(23)25-17(19(20,21)22)26-29(14)16/h4-5,8-9,27H,6-7,10H2,1-3H3,(H2,23,25,26). The first-order chi connectivity index (χ1) is 14.8. The summed E-state index contributed by atoms with van der Waals surface area (Å²) in [7, 11) is -1.98. The number of hydrogen-bond donors (Lipinski definition) is 2. The Morgan fingerprint density at radius 3 is 2.62 bits per heavy atom. The number of nitrogens with one attached hydrogen (secondary N) is 1. The molecule has 2 aromatic heterocycles. The van der Waals surface area contributed by atoms with Crippen LogP contribution in [-0.2, 0) is 16.2 Å². The van der Waals surface area contributed by atoms with Gasteiger partial charge in [-0.2, -0.15) is 13.2 Å². The molecule has 1 aromatic carbocycles. The summed E-state index contributed by atoms with van der Waals surface area (Å²) in [5.74, 6) is -1.84. The highest BCUT2D eigenvalue weighted by Crippen LogP contribution is 2.31. The molecule has 1 atom stereocenters. The SMILES string of the molecule is Cc1ccc(S(=O)(=O)NC2(C)CCN(C)C2)cc1-c1cnc2c(N)nc(C(F)(F)F)nn12. The number of imidazole rings is 1. The van der Waals surface area contributed by atoms with E-state index in [1.807, 2.05) is 18.9 Å². The third-order valence-corrected chi connectivity index (χ3v) is 7.12. The smallest absolute Gasteiger partial charge is 0.380 e. The second kappa shape index (κ2) is 7.39. The van der Waals surface area contributed by atoms with Crippen LogP contribution in [0.25, 0.3) is 16.9 Å². The lowest BCUT2D eigenvalue weighted by Crippen LogP contribution is -2.47. The average molecular weight is 469 g/mol. The number of sulfonamides is 1. The van der Waals surface area contributed by atoms with Crippen molar-refractivity contribution >= 4 is 21.5 Å². The Balaban J connectivity index is 1.80. The normalized spacial score (nSPS) is 20.3. The van der Waals surface area contributed by atoms with Gasteiger partial charge in [0.2, 0.25) is 10.0 Å². The maximum absolute atomic E-state index is 13.2. The molecule has 3 heterocycles. The van der Waals surface area contributed by atoms with E-state index < -0.39 is 33.4 Å². The minimum Gasteiger partial charge on any atom is -0.380 e. The van der Waals surface area contributed by atoms with Gasteiger partial charge in [-0.1, -0.05) is 6.07 Å². The van der Waals surface area contributed by atoms with E-state index in [-0.39, 0.29) is 16.2 Å². The number of aromatic nitrogens is 4. The number of aryl methyl sites for hydroxylation is 1. The molecule has 3 aromatic rings. The van der Waals surface area contributed by atoms with Crippen molar-refractivity contribution < 1.29 is 21.6 Å². The molecule has 0 spiro atoms. The third kappa shape index (κ3) is 4.02. The van der Waals surface area contributed by atoms with Gasteiger partial charge in [-0.15, -0.1) is 5.10 Å². The summed E-state index contributed by atoms with van der Waals surface area (Å²) in [6.45, 7) is 4.88. The highest BCUT2D eigenvalue weighted by atomic mass is 32.2.